The number of hydrogen-bond donors (Lipinski definition) is 1. The second kappa shape index (κ2) is 10.6. The Balaban J connectivity index is 1.58. The lowest BCUT2D eigenvalue weighted by Crippen LogP contribution is -2.35. The molecule has 5 nitrogen and oxygen atoms in total. The van der Waals surface area contributed by atoms with Crippen LogP contribution < -0.4 is 10.1 Å². The van der Waals surface area contributed by atoms with E-state index in [-0.39, 0.29) is 11.8 Å². The number of rotatable bonds is 7. The lowest BCUT2D eigenvalue weighted by Gasteiger charge is -2.26. The third-order valence-corrected chi connectivity index (χ3v) is 5.80. The molecular weight excluding hydrogens is 444 g/mol. The molecule has 6 heteroatoms. The quantitative estimate of drug-likeness (QED) is 0.557. The molecule has 1 saturated heterocycles. The minimum atomic E-state index is -0.209. The van der Waals surface area contributed by atoms with Crippen LogP contribution in [0.15, 0.2) is 46.9 Å². The number of likely N-dealkylation sites (tertiary alicyclic amines) is 1. The molecule has 1 aliphatic heterocycles. The third kappa shape index (κ3) is 6.08. The van der Waals surface area contributed by atoms with E-state index in [4.69, 9.17) is 4.74 Å². The van der Waals surface area contributed by atoms with Crippen LogP contribution in [0.1, 0.15) is 60.2 Å². The summed E-state index contributed by atoms with van der Waals surface area (Å²) >= 11 is 3.48. The SMILES string of the molecule is CC(C)CCOc1ccc(C(=O)Nc2ccc(C(=O)N3CCCCC3)cc2)cc1Br. The number of carbonyl (C=O) groups excluding carboxylic acids is 2. The zero-order valence-electron chi connectivity index (χ0n) is 17.6. The molecule has 0 bridgehead atoms. The molecule has 2 amide bonds. The first-order chi connectivity index (χ1) is 14.4. The normalized spacial score (nSPS) is 13.9. The summed E-state index contributed by atoms with van der Waals surface area (Å²) in [6, 6.07) is 12.4. The van der Waals surface area contributed by atoms with Crippen molar-refractivity contribution in [1.29, 1.82) is 0 Å². The van der Waals surface area contributed by atoms with Crippen molar-refractivity contribution < 1.29 is 14.3 Å². The molecule has 30 heavy (non-hydrogen) atoms. The molecule has 1 aliphatic rings. The molecule has 0 atom stereocenters. The maximum Gasteiger partial charge on any atom is 0.255 e. The van der Waals surface area contributed by atoms with Crippen molar-refractivity contribution in [3.8, 4) is 5.75 Å². The number of halogens is 1. The van der Waals surface area contributed by atoms with Gasteiger partial charge in [-0.05, 0) is 90.0 Å². The summed E-state index contributed by atoms with van der Waals surface area (Å²) in [7, 11) is 0. The molecule has 0 unspecified atom stereocenters. The standard InChI is InChI=1S/C24H29BrN2O3/c1-17(2)12-15-30-22-11-8-19(16-21(22)25)23(28)26-20-9-6-18(7-10-20)24(29)27-13-4-3-5-14-27/h6-11,16-17H,3-5,12-15H2,1-2H3,(H,26,28). The molecule has 0 radical (unpaired) electrons. The van der Waals surface area contributed by atoms with Crippen LogP contribution >= 0.6 is 15.9 Å². The van der Waals surface area contributed by atoms with E-state index < -0.39 is 0 Å². The van der Waals surface area contributed by atoms with Crippen LogP contribution in [0.4, 0.5) is 5.69 Å². The molecule has 1 heterocycles. The topological polar surface area (TPSA) is 58.6 Å². The van der Waals surface area contributed by atoms with E-state index >= 15 is 0 Å². The number of nitrogens with zero attached hydrogens (tertiary/aromatic N) is 1. The van der Waals surface area contributed by atoms with Crippen molar-refractivity contribution in [2.45, 2.75) is 39.5 Å². The average molecular weight is 473 g/mol. The fourth-order valence-electron chi connectivity index (χ4n) is 3.34. The first-order valence-corrected chi connectivity index (χ1v) is 11.4. The van der Waals surface area contributed by atoms with Gasteiger partial charge in [-0.3, -0.25) is 9.59 Å². The van der Waals surface area contributed by atoms with Gasteiger partial charge in [0.05, 0.1) is 11.1 Å². The van der Waals surface area contributed by atoms with Gasteiger partial charge in [0.1, 0.15) is 5.75 Å². The maximum atomic E-state index is 12.6. The highest BCUT2D eigenvalue weighted by Crippen LogP contribution is 2.27. The number of anilines is 1. The van der Waals surface area contributed by atoms with E-state index in [9.17, 15) is 9.59 Å². The number of piperidine rings is 1. The Hall–Kier alpha value is -2.34. The summed E-state index contributed by atoms with van der Waals surface area (Å²) in [4.78, 5) is 27.1. The Morgan fingerprint density at radius 1 is 1.03 bits per heavy atom. The molecule has 0 aliphatic carbocycles. The number of hydrogen-bond acceptors (Lipinski definition) is 3. The number of ether oxygens (including phenoxy) is 1. The first-order valence-electron chi connectivity index (χ1n) is 10.6. The van der Waals surface area contributed by atoms with Gasteiger partial charge < -0.3 is 15.0 Å². The number of nitrogens with one attached hydrogen (secondary N) is 1. The molecule has 3 rings (SSSR count). The van der Waals surface area contributed by atoms with Gasteiger partial charge in [-0.1, -0.05) is 13.8 Å². The number of amides is 2. The van der Waals surface area contributed by atoms with E-state index in [0.29, 0.717) is 29.3 Å². The van der Waals surface area contributed by atoms with Crippen LogP contribution in [0, 0.1) is 5.92 Å². The van der Waals surface area contributed by atoms with E-state index in [0.717, 1.165) is 42.6 Å². The fraction of sp³-hybridized carbons (Fsp3) is 0.417. The second-order valence-corrected chi connectivity index (χ2v) is 8.91. The van der Waals surface area contributed by atoms with Crippen molar-refractivity contribution in [2.75, 3.05) is 25.0 Å². The smallest absolute Gasteiger partial charge is 0.255 e. The Bertz CT molecular complexity index is 875. The molecule has 2 aromatic carbocycles. The van der Waals surface area contributed by atoms with Crippen LogP contribution in [0.3, 0.4) is 0 Å². The Labute approximate surface area is 186 Å². The minimum Gasteiger partial charge on any atom is -0.492 e. The highest BCUT2D eigenvalue weighted by atomic mass is 79.9. The first kappa shape index (κ1) is 22.3. The monoisotopic (exact) mass is 472 g/mol. The number of benzene rings is 2. The van der Waals surface area contributed by atoms with E-state index in [1.165, 1.54) is 6.42 Å². The van der Waals surface area contributed by atoms with Crippen molar-refractivity contribution in [2.24, 2.45) is 5.92 Å². The predicted molar refractivity (Wildman–Crippen MR) is 123 cm³/mol. The maximum absolute atomic E-state index is 12.6. The van der Waals surface area contributed by atoms with E-state index in [1.54, 1.807) is 42.5 Å². The van der Waals surface area contributed by atoms with Crippen LogP contribution in [-0.2, 0) is 0 Å². The van der Waals surface area contributed by atoms with Crippen LogP contribution in [-0.4, -0.2) is 36.4 Å². The zero-order chi connectivity index (χ0) is 21.5. The van der Waals surface area contributed by atoms with Gasteiger partial charge in [-0.15, -0.1) is 0 Å². The van der Waals surface area contributed by atoms with Crippen LogP contribution in [0.2, 0.25) is 0 Å². The molecule has 160 valence electrons. The molecular formula is C24H29BrN2O3. The third-order valence-electron chi connectivity index (χ3n) is 5.18. The van der Waals surface area contributed by atoms with Crippen molar-refractivity contribution in [3.63, 3.8) is 0 Å². The van der Waals surface area contributed by atoms with Gasteiger partial charge in [0.2, 0.25) is 0 Å². The zero-order valence-corrected chi connectivity index (χ0v) is 19.2. The fourth-order valence-corrected chi connectivity index (χ4v) is 3.84. The van der Waals surface area contributed by atoms with Crippen LogP contribution in [0.25, 0.3) is 0 Å². The predicted octanol–water partition coefficient (Wildman–Crippen LogP) is 5.75. The van der Waals surface area contributed by atoms with Gasteiger partial charge in [0.25, 0.3) is 11.8 Å². The highest BCUT2D eigenvalue weighted by Gasteiger charge is 2.18. The Kier molecular flexibility index (Phi) is 7.91. The minimum absolute atomic E-state index is 0.0598. The summed E-state index contributed by atoms with van der Waals surface area (Å²) in [6.07, 6.45) is 4.30. The molecule has 0 spiro atoms. The highest BCUT2D eigenvalue weighted by molar-refractivity contribution is 9.10. The van der Waals surface area contributed by atoms with Gasteiger partial charge in [-0.2, -0.15) is 0 Å². The lowest BCUT2D eigenvalue weighted by molar-refractivity contribution is 0.0724. The summed E-state index contributed by atoms with van der Waals surface area (Å²) < 4.78 is 6.52. The van der Waals surface area contributed by atoms with Gasteiger partial charge in [0, 0.05) is 29.9 Å². The Morgan fingerprint density at radius 3 is 2.33 bits per heavy atom. The Morgan fingerprint density at radius 2 is 1.70 bits per heavy atom. The van der Waals surface area contributed by atoms with Crippen LogP contribution in [0.5, 0.6) is 5.75 Å². The summed E-state index contributed by atoms with van der Waals surface area (Å²) in [6.45, 7) is 6.60. The van der Waals surface area contributed by atoms with E-state index in [1.807, 2.05) is 4.90 Å². The van der Waals surface area contributed by atoms with Gasteiger partial charge in [0.15, 0.2) is 0 Å². The van der Waals surface area contributed by atoms with Crippen molar-refractivity contribution in [1.82, 2.24) is 4.90 Å². The molecule has 0 aromatic heterocycles. The van der Waals surface area contributed by atoms with Gasteiger partial charge >= 0.3 is 0 Å². The van der Waals surface area contributed by atoms with Gasteiger partial charge in [-0.25, -0.2) is 0 Å². The summed E-state index contributed by atoms with van der Waals surface area (Å²) in [5.74, 6) is 1.16. The second-order valence-electron chi connectivity index (χ2n) is 8.06. The van der Waals surface area contributed by atoms with Crippen molar-refractivity contribution >= 4 is 33.4 Å². The van der Waals surface area contributed by atoms with Crippen molar-refractivity contribution in [3.05, 3.63) is 58.1 Å². The molecule has 2 aromatic rings. The molecule has 1 fully saturated rings. The average Bonchev–Trinajstić information content (AvgIpc) is 2.75. The molecule has 0 saturated carbocycles. The molecule has 1 N–H and O–H groups in total. The largest absolute Gasteiger partial charge is 0.492 e. The summed E-state index contributed by atoms with van der Waals surface area (Å²) in [5.41, 5.74) is 1.84. The summed E-state index contributed by atoms with van der Waals surface area (Å²) in [5, 5.41) is 2.88. The van der Waals surface area contributed by atoms with E-state index in [2.05, 4.69) is 35.1 Å². The lowest BCUT2D eigenvalue weighted by atomic mass is 10.1. The number of carbonyl (C=O) groups is 2.